The fourth-order valence-corrected chi connectivity index (χ4v) is 2.61. The third kappa shape index (κ3) is 3.84. The molecule has 1 saturated heterocycles. The number of piperazine rings is 1. The molecule has 1 aromatic carbocycles. The highest BCUT2D eigenvalue weighted by molar-refractivity contribution is 5.58. The Morgan fingerprint density at radius 3 is 2.45 bits per heavy atom. The molecular weight excluding hydrogens is 259 g/mol. The highest BCUT2D eigenvalue weighted by Crippen LogP contribution is 2.29. The minimum absolute atomic E-state index is 0.286. The Morgan fingerprint density at radius 1 is 1.25 bits per heavy atom. The van der Waals surface area contributed by atoms with Gasteiger partial charge in [-0.1, -0.05) is 0 Å². The molecule has 1 aliphatic heterocycles. The van der Waals surface area contributed by atoms with E-state index < -0.39 is 5.60 Å². The Labute approximate surface area is 119 Å². The van der Waals surface area contributed by atoms with Crippen molar-refractivity contribution >= 4 is 5.69 Å². The number of ether oxygens (including phenoxy) is 1. The standard InChI is InChI=1S/C15H23FN2O2/c1-15(2,19)11-17-6-8-18(9-7-17)13-5-4-12(16)10-14(13)20-3/h4-5,10,19H,6-9,11H2,1-3H3. The number of benzene rings is 1. The molecule has 0 aromatic heterocycles. The lowest BCUT2D eigenvalue weighted by molar-refractivity contribution is 0.0345. The molecule has 0 radical (unpaired) electrons. The first-order valence-electron chi connectivity index (χ1n) is 6.92. The summed E-state index contributed by atoms with van der Waals surface area (Å²) in [6, 6.07) is 4.64. The predicted molar refractivity (Wildman–Crippen MR) is 77.9 cm³/mol. The van der Waals surface area contributed by atoms with Gasteiger partial charge in [-0.25, -0.2) is 4.39 Å². The van der Waals surface area contributed by atoms with Crippen LogP contribution in [0.25, 0.3) is 0 Å². The minimum Gasteiger partial charge on any atom is -0.494 e. The summed E-state index contributed by atoms with van der Waals surface area (Å²) in [7, 11) is 1.56. The van der Waals surface area contributed by atoms with Crippen LogP contribution in [-0.4, -0.2) is 55.4 Å². The molecule has 20 heavy (non-hydrogen) atoms. The van der Waals surface area contributed by atoms with E-state index in [1.165, 1.54) is 12.1 Å². The zero-order valence-corrected chi connectivity index (χ0v) is 12.4. The van der Waals surface area contributed by atoms with Crippen LogP contribution in [0.1, 0.15) is 13.8 Å². The summed E-state index contributed by atoms with van der Waals surface area (Å²) in [6.45, 7) is 7.76. The van der Waals surface area contributed by atoms with E-state index in [1.54, 1.807) is 13.2 Å². The fraction of sp³-hybridized carbons (Fsp3) is 0.600. The summed E-state index contributed by atoms with van der Waals surface area (Å²) in [6.07, 6.45) is 0. The average molecular weight is 282 g/mol. The molecule has 1 N–H and O–H groups in total. The van der Waals surface area contributed by atoms with Gasteiger partial charge < -0.3 is 14.7 Å². The molecule has 2 rings (SSSR count). The van der Waals surface area contributed by atoms with Gasteiger partial charge in [0.05, 0.1) is 18.4 Å². The van der Waals surface area contributed by atoms with Crippen molar-refractivity contribution in [2.45, 2.75) is 19.4 Å². The Bertz CT molecular complexity index is 452. The Kier molecular flexibility index (Phi) is 4.50. The first-order valence-corrected chi connectivity index (χ1v) is 6.92. The molecule has 1 fully saturated rings. The first-order chi connectivity index (χ1) is 9.39. The number of anilines is 1. The number of halogens is 1. The second kappa shape index (κ2) is 5.97. The number of β-amino-alcohol motifs (C(OH)–C–C–N with tert-alkyl or cyclic N) is 1. The molecule has 0 bridgehead atoms. The SMILES string of the molecule is COc1cc(F)ccc1N1CCN(CC(C)(C)O)CC1. The first kappa shape index (κ1) is 15.1. The number of methoxy groups -OCH3 is 1. The van der Waals surface area contributed by atoms with E-state index in [-0.39, 0.29) is 5.82 Å². The maximum atomic E-state index is 13.2. The van der Waals surface area contributed by atoms with E-state index in [2.05, 4.69) is 9.80 Å². The van der Waals surface area contributed by atoms with Gasteiger partial charge in [0.1, 0.15) is 11.6 Å². The summed E-state index contributed by atoms with van der Waals surface area (Å²) >= 11 is 0. The Hall–Kier alpha value is -1.33. The zero-order chi connectivity index (χ0) is 14.8. The Balaban J connectivity index is 2.00. The van der Waals surface area contributed by atoms with Crippen molar-refractivity contribution in [1.29, 1.82) is 0 Å². The van der Waals surface area contributed by atoms with Gasteiger partial charge >= 0.3 is 0 Å². The number of rotatable bonds is 4. The molecule has 1 aromatic rings. The van der Waals surface area contributed by atoms with Gasteiger partial charge in [0.25, 0.3) is 0 Å². The third-order valence-electron chi connectivity index (χ3n) is 3.47. The summed E-state index contributed by atoms with van der Waals surface area (Å²) in [4.78, 5) is 4.44. The lowest BCUT2D eigenvalue weighted by Gasteiger charge is -2.38. The van der Waals surface area contributed by atoms with Crippen LogP contribution in [0.4, 0.5) is 10.1 Å². The molecule has 0 amide bonds. The molecule has 0 atom stereocenters. The quantitative estimate of drug-likeness (QED) is 0.912. The fourth-order valence-electron chi connectivity index (χ4n) is 2.61. The molecule has 1 aliphatic rings. The number of hydrogen-bond acceptors (Lipinski definition) is 4. The molecule has 5 heteroatoms. The number of hydrogen-bond donors (Lipinski definition) is 1. The van der Waals surface area contributed by atoms with E-state index in [1.807, 2.05) is 13.8 Å². The van der Waals surface area contributed by atoms with E-state index in [0.29, 0.717) is 12.3 Å². The molecular formula is C15H23FN2O2. The summed E-state index contributed by atoms with van der Waals surface area (Å²) in [5.41, 5.74) is 0.257. The van der Waals surface area contributed by atoms with Crippen molar-refractivity contribution in [2.75, 3.05) is 44.7 Å². The molecule has 4 nitrogen and oxygen atoms in total. The van der Waals surface area contributed by atoms with E-state index >= 15 is 0 Å². The van der Waals surface area contributed by atoms with Crippen LogP contribution in [0.15, 0.2) is 18.2 Å². The van der Waals surface area contributed by atoms with Crippen molar-refractivity contribution in [3.8, 4) is 5.75 Å². The zero-order valence-electron chi connectivity index (χ0n) is 12.4. The van der Waals surface area contributed by atoms with Gasteiger partial charge in [-0.2, -0.15) is 0 Å². The van der Waals surface area contributed by atoms with Crippen LogP contribution in [0.5, 0.6) is 5.75 Å². The predicted octanol–water partition coefficient (Wildman–Crippen LogP) is 1.73. The Morgan fingerprint density at radius 2 is 1.90 bits per heavy atom. The topological polar surface area (TPSA) is 35.9 Å². The molecule has 0 aliphatic carbocycles. The molecule has 0 spiro atoms. The molecule has 0 unspecified atom stereocenters. The van der Waals surface area contributed by atoms with Crippen molar-refractivity contribution < 1.29 is 14.2 Å². The average Bonchev–Trinajstić information content (AvgIpc) is 2.38. The van der Waals surface area contributed by atoms with Gasteiger partial charge in [-0.3, -0.25) is 4.90 Å². The van der Waals surface area contributed by atoms with Crippen LogP contribution < -0.4 is 9.64 Å². The summed E-state index contributed by atoms with van der Waals surface area (Å²) in [5.74, 6) is 0.284. The minimum atomic E-state index is -0.671. The van der Waals surface area contributed by atoms with Crippen molar-refractivity contribution in [3.63, 3.8) is 0 Å². The van der Waals surface area contributed by atoms with Crippen molar-refractivity contribution in [2.24, 2.45) is 0 Å². The maximum absolute atomic E-state index is 13.2. The van der Waals surface area contributed by atoms with Crippen molar-refractivity contribution in [1.82, 2.24) is 4.90 Å². The molecule has 1 heterocycles. The van der Waals surface area contributed by atoms with Gasteiger partial charge in [-0.05, 0) is 26.0 Å². The van der Waals surface area contributed by atoms with Gasteiger partial charge in [-0.15, -0.1) is 0 Å². The second-order valence-corrected chi connectivity index (χ2v) is 5.89. The van der Waals surface area contributed by atoms with Gasteiger partial charge in [0.2, 0.25) is 0 Å². The molecule has 112 valence electrons. The van der Waals surface area contributed by atoms with E-state index in [0.717, 1.165) is 31.9 Å². The van der Waals surface area contributed by atoms with E-state index in [9.17, 15) is 9.50 Å². The van der Waals surface area contributed by atoms with Gasteiger partial charge in [0, 0.05) is 38.8 Å². The van der Waals surface area contributed by atoms with Crippen LogP contribution in [0, 0.1) is 5.82 Å². The largest absolute Gasteiger partial charge is 0.494 e. The van der Waals surface area contributed by atoms with Crippen LogP contribution in [0.2, 0.25) is 0 Å². The lowest BCUT2D eigenvalue weighted by Crippen LogP contribution is -2.50. The van der Waals surface area contributed by atoms with Gasteiger partial charge in [0.15, 0.2) is 0 Å². The highest BCUT2D eigenvalue weighted by Gasteiger charge is 2.24. The lowest BCUT2D eigenvalue weighted by atomic mass is 10.1. The van der Waals surface area contributed by atoms with Crippen LogP contribution in [0.3, 0.4) is 0 Å². The monoisotopic (exact) mass is 282 g/mol. The van der Waals surface area contributed by atoms with Crippen LogP contribution in [-0.2, 0) is 0 Å². The van der Waals surface area contributed by atoms with Crippen LogP contribution >= 0.6 is 0 Å². The highest BCUT2D eigenvalue weighted by atomic mass is 19.1. The molecule has 0 saturated carbocycles. The smallest absolute Gasteiger partial charge is 0.145 e. The van der Waals surface area contributed by atoms with Crippen molar-refractivity contribution in [3.05, 3.63) is 24.0 Å². The summed E-state index contributed by atoms with van der Waals surface area (Å²) < 4.78 is 18.5. The number of aliphatic hydroxyl groups is 1. The number of nitrogens with zero attached hydrogens (tertiary/aromatic N) is 2. The third-order valence-corrected chi connectivity index (χ3v) is 3.47. The second-order valence-electron chi connectivity index (χ2n) is 5.89. The summed E-state index contributed by atoms with van der Waals surface area (Å²) in [5, 5.41) is 9.85. The normalized spacial score (nSPS) is 17.4. The van der Waals surface area contributed by atoms with E-state index in [4.69, 9.17) is 4.74 Å². The maximum Gasteiger partial charge on any atom is 0.145 e.